The molecule has 2 nitrogen and oxygen atoms in total. The number of rotatable bonds is 16. The molecule has 0 radical (unpaired) electrons. The van der Waals surface area contributed by atoms with E-state index in [1.807, 2.05) is 36.4 Å². The van der Waals surface area contributed by atoms with E-state index in [1.165, 1.54) is 62.1 Å². The van der Waals surface area contributed by atoms with Gasteiger partial charge in [0.15, 0.2) is 0 Å². The Morgan fingerprint density at radius 1 is 0.757 bits per heavy atom. The highest BCUT2D eigenvalue weighted by Gasteiger charge is 2.06. The van der Waals surface area contributed by atoms with Crippen LogP contribution in [0.15, 0.2) is 89.6 Å². The van der Waals surface area contributed by atoms with Crippen LogP contribution in [0.5, 0.6) is 0 Å². The Morgan fingerprint density at radius 2 is 1.49 bits per heavy atom. The first-order valence-corrected chi connectivity index (χ1v) is 13.9. The lowest BCUT2D eigenvalue weighted by Crippen LogP contribution is -1.93. The number of benzene rings is 3. The Labute approximate surface area is 223 Å². The normalized spacial score (nSPS) is 11.5. The van der Waals surface area contributed by atoms with Gasteiger partial charge in [0, 0.05) is 5.56 Å². The van der Waals surface area contributed by atoms with E-state index in [4.69, 9.17) is 0 Å². The Hall–Kier alpha value is -3.33. The van der Waals surface area contributed by atoms with Gasteiger partial charge in [-0.25, -0.2) is 4.39 Å². The highest BCUT2D eigenvalue weighted by atomic mass is 19.1. The molecular formula is C34H41FN2. The van der Waals surface area contributed by atoms with Crippen LogP contribution < -0.4 is 0 Å². The molecule has 0 aliphatic heterocycles. The molecule has 0 aliphatic carbocycles. The van der Waals surface area contributed by atoms with Crippen LogP contribution in [0.25, 0.3) is 11.1 Å². The van der Waals surface area contributed by atoms with Gasteiger partial charge in [-0.3, -0.25) is 0 Å². The van der Waals surface area contributed by atoms with Gasteiger partial charge in [0.1, 0.15) is 5.82 Å². The van der Waals surface area contributed by atoms with Crippen molar-refractivity contribution < 1.29 is 4.39 Å². The number of hydrogen-bond donors (Lipinski definition) is 0. The second kappa shape index (κ2) is 16.4. The summed E-state index contributed by atoms with van der Waals surface area (Å²) in [6.07, 6.45) is 18.5. The van der Waals surface area contributed by atoms with E-state index in [1.54, 1.807) is 12.4 Å². The third-order valence-corrected chi connectivity index (χ3v) is 6.71. The fourth-order valence-electron chi connectivity index (χ4n) is 4.49. The number of halogens is 1. The van der Waals surface area contributed by atoms with E-state index < -0.39 is 0 Å². The lowest BCUT2D eigenvalue weighted by molar-refractivity contribution is 0.630. The maximum Gasteiger partial charge on any atom is 0.131 e. The molecule has 3 aromatic rings. The molecule has 0 saturated carbocycles. The van der Waals surface area contributed by atoms with Gasteiger partial charge in [-0.05, 0) is 72.4 Å². The predicted molar refractivity (Wildman–Crippen MR) is 158 cm³/mol. The Balaban J connectivity index is 1.55. The maximum atomic E-state index is 14.9. The van der Waals surface area contributed by atoms with Gasteiger partial charge in [0.05, 0.1) is 12.4 Å². The standard InChI is InChI=1S/C34H41FN2/c1-3-5-7-9-11-15-28-19-22-31(23-20-28)33-24-21-29(25-34(33)35)26-36-37-27-32-18-14-13-17-30(32)16-12-10-8-6-4-2/h4,13-14,17-27H,2-3,5-12,15-16H2,1H3. The smallest absolute Gasteiger partial charge is 0.131 e. The van der Waals surface area contributed by atoms with E-state index in [-0.39, 0.29) is 5.82 Å². The Morgan fingerprint density at radius 3 is 2.27 bits per heavy atom. The quantitative estimate of drug-likeness (QED) is 0.0816. The Bertz CT molecular complexity index is 1140. The maximum absolute atomic E-state index is 14.9. The largest absolute Gasteiger partial charge is 0.206 e. The molecule has 0 unspecified atom stereocenters. The monoisotopic (exact) mass is 496 g/mol. The fraction of sp³-hybridized carbons (Fsp3) is 0.353. The van der Waals surface area contributed by atoms with Gasteiger partial charge in [-0.1, -0.05) is 106 Å². The molecule has 0 aliphatic rings. The second-order valence-electron chi connectivity index (χ2n) is 9.68. The molecule has 37 heavy (non-hydrogen) atoms. The van der Waals surface area contributed by atoms with Crippen LogP contribution in [-0.2, 0) is 12.8 Å². The molecule has 194 valence electrons. The first-order chi connectivity index (χ1) is 18.2. The molecule has 0 amide bonds. The molecule has 0 N–H and O–H groups in total. The van der Waals surface area contributed by atoms with E-state index in [9.17, 15) is 4.39 Å². The van der Waals surface area contributed by atoms with Crippen LogP contribution in [-0.4, -0.2) is 12.4 Å². The molecule has 0 atom stereocenters. The number of aryl methyl sites for hydroxylation is 2. The molecule has 0 fully saturated rings. The molecular weight excluding hydrogens is 455 g/mol. The molecule has 0 saturated heterocycles. The van der Waals surface area contributed by atoms with Crippen molar-refractivity contribution in [2.24, 2.45) is 10.2 Å². The van der Waals surface area contributed by atoms with E-state index in [2.05, 4.69) is 54.0 Å². The topological polar surface area (TPSA) is 24.7 Å². The van der Waals surface area contributed by atoms with E-state index in [0.29, 0.717) is 11.1 Å². The van der Waals surface area contributed by atoms with Crippen LogP contribution in [0.2, 0.25) is 0 Å². The molecule has 0 heterocycles. The summed E-state index contributed by atoms with van der Waals surface area (Å²) >= 11 is 0. The minimum atomic E-state index is -0.248. The van der Waals surface area contributed by atoms with Crippen molar-refractivity contribution in [3.05, 3.63) is 107 Å². The second-order valence-corrected chi connectivity index (χ2v) is 9.68. The summed E-state index contributed by atoms with van der Waals surface area (Å²) < 4.78 is 14.9. The first-order valence-electron chi connectivity index (χ1n) is 13.9. The van der Waals surface area contributed by atoms with Crippen LogP contribution in [0.4, 0.5) is 4.39 Å². The summed E-state index contributed by atoms with van der Waals surface area (Å²) in [6.45, 7) is 6.02. The zero-order valence-electron chi connectivity index (χ0n) is 22.3. The molecule has 3 rings (SSSR count). The highest BCUT2D eigenvalue weighted by Crippen LogP contribution is 2.24. The average Bonchev–Trinajstić information content (AvgIpc) is 2.92. The highest BCUT2D eigenvalue weighted by molar-refractivity contribution is 5.84. The number of allylic oxidation sites excluding steroid dienone is 1. The summed E-state index contributed by atoms with van der Waals surface area (Å²) in [5.74, 6) is -0.248. The van der Waals surface area contributed by atoms with Crippen LogP contribution in [0.3, 0.4) is 0 Å². The van der Waals surface area contributed by atoms with Gasteiger partial charge >= 0.3 is 0 Å². The van der Waals surface area contributed by atoms with Crippen molar-refractivity contribution in [1.29, 1.82) is 0 Å². The summed E-state index contributed by atoms with van der Waals surface area (Å²) in [7, 11) is 0. The molecule has 3 heteroatoms. The van der Waals surface area contributed by atoms with Gasteiger partial charge in [0.2, 0.25) is 0 Å². The van der Waals surface area contributed by atoms with Crippen molar-refractivity contribution >= 4 is 12.4 Å². The third kappa shape index (κ3) is 9.92. The first kappa shape index (κ1) is 28.2. The molecule has 0 bridgehead atoms. The molecule has 3 aromatic carbocycles. The van der Waals surface area contributed by atoms with Crippen LogP contribution in [0, 0.1) is 5.82 Å². The van der Waals surface area contributed by atoms with Crippen molar-refractivity contribution in [2.45, 2.75) is 77.6 Å². The Kier molecular flexibility index (Phi) is 12.5. The summed E-state index contributed by atoms with van der Waals surface area (Å²) in [5, 5.41) is 8.39. The minimum absolute atomic E-state index is 0.248. The third-order valence-electron chi connectivity index (χ3n) is 6.71. The summed E-state index contributed by atoms with van der Waals surface area (Å²) in [4.78, 5) is 0. The summed E-state index contributed by atoms with van der Waals surface area (Å²) in [5.41, 5.74) is 5.87. The average molecular weight is 497 g/mol. The lowest BCUT2D eigenvalue weighted by atomic mass is 10.00. The molecule has 0 aromatic heterocycles. The number of unbranched alkanes of at least 4 members (excludes halogenated alkanes) is 7. The van der Waals surface area contributed by atoms with E-state index >= 15 is 0 Å². The number of hydrogen-bond acceptors (Lipinski definition) is 2. The van der Waals surface area contributed by atoms with Crippen molar-refractivity contribution in [3.63, 3.8) is 0 Å². The molecule has 0 spiro atoms. The van der Waals surface area contributed by atoms with Crippen LogP contribution in [0.1, 0.15) is 87.0 Å². The number of nitrogens with zero attached hydrogens (tertiary/aromatic N) is 2. The zero-order valence-corrected chi connectivity index (χ0v) is 22.3. The van der Waals surface area contributed by atoms with Gasteiger partial charge in [-0.15, -0.1) is 6.58 Å². The van der Waals surface area contributed by atoms with Gasteiger partial charge < -0.3 is 0 Å². The predicted octanol–water partition coefficient (Wildman–Crippen LogP) is 9.75. The SMILES string of the molecule is C=CCCCCCc1ccccc1C=NN=Cc1ccc(-c2ccc(CCCCCCC)cc2)c(F)c1. The summed E-state index contributed by atoms with van der Waals surface area (Å²) in [6, 6.07) is 21.8. The van der Waals surface area contributed by atoms with E-state index in [0.717, 1.165) is 36.8 Å². The van der Waals surface area contributed by atoms with Crippen molar-refractivity contribution in [2.75, 3.05) is 0 Å². The van der Waals surface area contributed by atoms with Gasteiger partial charge in [0.25, 0.3) is 0 Å². The minimum Gasteiger partial charge on any atom is -0.206 e. The van der Waals surface area contributed by atoms with Crippen molar-refractivity contribution in [3.8, 4) is 11.1 Å². The van der Waals surface area contributed by atoms with Crippen LogP contribution >= 0.6 is 0 Å². The van der Waals surface area contributed by atoms with Crippen molar-refractivity contribution in [1.82, 2.24) is 0 Å². The van der Waals surface area contributed by atoms with Gasteiger partial charge in [-0.2, -0.15) is 10.2 Å². The zero-order chi connectivity index (χ0) is 26.1. The lowest BCUT2D eigenvalue weighted by Gasteiger charge is -2.07. The fourth-order valence-corrected chi connectivity index (χ4v) is 4.49.